The third-order valence-corrected chi connectivity index (χ3v) is 6.64. The van der Waals surface area contributed by atoms with Gasteiger partial charge in [0.25, 0.3) is 0 Å². The highest BCUT2D eigenvalue weighted by atomic mass is 16.5. The Kier molecular flexibility index (Phi) is 26.7. The molecular weight excluding hydrogens is 482 g/mol. The minimum atomic E-state index is -1.15. The minimum absolute atomic E-state index is 0.267. The average molecular weight is 540 g/mol. The van der Waals surface area contributed by atoms with Gasteiger partial charge in [-0.05, 0) is 12.8 Å². The first kappa shape index (κ1) is 36.1. The van der Waals surface area contributed by atoms with E-state index < -0.39 is 30.5 Å². The maximum absolute atomic E-state index is 12.1. The molecule has 0 heterocycles. The number of ether oxygens (including phenoxy) is 2. The SMILES string of the molecule is CCCCCCCCCCCCOC(=O)/C=C\C(=O)NC(CO)C(=O)OCCCCCCCCCCCC. The number of carbonyl (C=O) groups excluding carboxylic acids is 3. The zero-order chi connectivity index (χ0) is 28.1. The molecule has 0 radical (unpaired) electrons. The molecule has 0 aliphatic rings. The number of hydrogen-bond acceptors (Lipinski definition) is 6. The van der Waals surface area contributed by atoms with Crippen LogP contribution < -0.4 is 5.32 Å². The summed E-state index contributed by atoms with van der Waals surface area (Å²) in [5, 5.41) is 11.8. The molecule has 7 nitrogen and oxygen atoms in total. The normalized spacial score (nSPS) is 12.0. The van der Waals surface area contributed by atoms with Gasteiger partial charge in [-0.3, -0.25) is 4.79 Å². The van der Waals surface area contributed by atoms with Crippen molar-refractivity contribution in [1.82, 2.24) is 5.32 Å². The molecule has 222 valence electrons. The second-order valence-electron chi connectivity index (χ2n) is 10.3. The van der Waals surface area contributed by atoms with Crippen molar-refractivity contribution in [2.24, 2.45) is 0 Å². The van der Waals surface area contributed by atoms with E-state index in [1.165, 1.54) is 89.9 Å². The lowest BCUT2D eigenvalue weighted by Gasteiger charge is -2.14. The number of amides is 1. The fraction of sp³-hybridized carbons (Fsp3) is 0.839. The van der Waals surface area contributed by atoms with Crippen LogP contribution in [-0.2, 0) is 23.9 Å². The Morgan fingerprint density at radius 1 is 0.605 bits per heavy atom. The highest BCUT2D eigenvalue weighted by Crippen LogP contribution is 2.11. The molecule has 0 saturated carbocycles. The molecule has 0 fully saturated rings. The van der Waals surface area contributed by atoms with Gasteiger partial charge in [-0.15, -0.1) is 0 Å². The Labute approximate surface area is 232 Å². The van der Waals surface area contributed by atoms with Crippen LogP contribution in [0.2, 0.25) is 0 Å². The zero-order valence-corrected chi connectivity index (χ0v) is 24.5. The van der Waals surface area contributed by atoms with Crippen LogP contribution in [0, 0.1) is 0 Å². The Hall–Kier alpha value is -1.89. The largest absolute Gasteiger partial charge is 0.464 e. The number of carbonyl (C=O) groups is 3. The van der Waals surface area contributed by atoms with E-state index in [1.807, 2.05) is 0 Å². The molecule has 0 aliphatic carbocycles. The number of aliphatic hydroxyl groups is 1. The molecule has 1 amide bonds. The molecule has 0 saturated heterocycles. The van der Waals surface area contributed by atoms with Crippen molar-refractivity contribution in [3.8, 4) is 0 Å². The molecule has 0 bridgehead atoms. The van der Waals surface area contributed by atoms with Crippen LogP contribution in [0.4, 0.5) is 0 Å². The van der Waals surface area contributed by atoms with E-state index in [0.717, 1.165) is 50.7 Å². The number of unbranched alkanes of at least 4 members (excludes halogenated alkanes) is 18. The van der Waals surface area contributed by atoms with Gasteiger partial charge in [0.1, 0.15) is 0 Å². The van der Waals surface area contributed by atoms with Crippen LogP contribution in [0.15, 0.2) is 12.2 Å². The summed E-state index contributed by atoms with van der Waals surface area (Å²) in [6, 6.07) is -1.15. The van der Waals surface area contributed by atoms with Crippen molar-refractivity contribution in [3.63, 3.8) is 0 Å². The van der Waals surface area contributed by atoms with E-state index >= 15 is 0 Å². The van der Waals surface area contributed by atoms with E-state index in [2.05, 4.69) is 19.2 Å². The standard InChI is InChI=1S/C31H57NO6/c1-3-5-7-9-11-13-15-17-19-21-25-37-30(35)24-23-29(34)32-28(27-33)31(36)38-26-22-20-18-16-14-12-10-8-6-4-2/h23-24,28,33H,3-22,25-27H2,1-2H3,(H,32,34)/b24-23-. The Morgan fingerprint density at radius 2 is 1.00 bits per heavy atom. The highest BCUT2D eigenvalue weighted by Gasteiger charge is 2.20. The van der Waals surface area contributed by atoms with Gasteiger partial charge in [0.15, 0.2) is 6.04 Å². The van der Waals surface area contributed by atoms with Gasteiger partial charge in [-0.2, -0.15) is 0 Å². The Balaban J connectivity index is 3.80. The smallest absolute Gasteiger partial charge is 0.331 e. The van der Waals surface area contributed by atoms with Crippen molar-refractivity contribution < 1.29 is 29.0 Å². The van der Waals surface area contributed by atoms with Crippen molar-refractivity contribution >= 4 is 17.8 Å². The van der Waals surface area contributed by atoms with Crippen LogP contribution in [0.3, 0.4) is 0 Å². The monoisotopic (exact) mass is 539 g/mol. The van der Waals surface area contributed by atoms with E-state index in [0.29, 0.717) is 6.61 Å². The summed E-state index contributed by atoms with van der Waals surface area (Å²) in [5.41, 5.74) is 0. The third kappa shape index (κ3) is 24.4. The van der Waals surface area contributed by atoms with Crippen LogP contribution in [-0.4, -0.2) is 48.8 Å². The van der Waals surface area contributed by atoms with Crippen molar-refractivity contribution in [2.45, 2.75) is 148 Å². The molecule has 0 spiro atoms. The van der Waals surface area contributed by atoms with E-state index in [9.17, 15) is 19.5 Å². The van der Waals surface area contributed by atoms with Crippen molar-refractivity contribution in [2.75, 3.05) is 19.8 Å². The lowest BCUT2D eigenvalue weighted by atomic mass is 10.1. The maximum Gasteiger partial charge on any atom is 0.331 e. The number of hydrogen-bond donors (Lipinski definition) is 2. The van der Waals surface area contributed by atoms with Gasteiger partial charge in [-0.1, -0.05) is 129 Å². The van der Waals surface area contributed by atoms with Crippen molar-refractivity contribution in [1.29, 1.82) is 0 Å². The van der Waals surface area contributed by atoms with Crippen molar-refractivity contribution in [3.05, 3.63) is 12.2 Å². The number of esters is 2. The molecule has 0 aromatic heterocycles. The molecule has 2 N–H and O–H groups in total. The van der Waals surface area contributed by atoms with Gasteiger partial charge in [0.2, 0.25) is 5.91 Å². The molecule has 0 aliphatic heterocycles. The minimum Gasteiger partial charge on any atom is -0.464 e. The number of rotatable bonds is 27. The van der Waals surface area contributed by atoms with E-state index in [4.69, 9.17) is 9.47 Å². The molecule has 0 aromatic carbocycles. The van der Waals surface area contributed by atoms with Crippen LogP contribution in [0.5, 0.6) is 0 Å². The second kappa shape index (κ2) is 28.1. The molecular formula is C31H57NO6. The van der Waals surface area contributed by atoms with E-state index in [1.54, 1.807) is 0 Å². The molecule has 0 aromatic rings. The molecule has 1 atom stereocenters. The Morgan fingerprint density at radius 3 is 1.42 bits per heavy atom. The molecule has 1 unspecified atom stereocenters. The lowest BCUT2D eigenvalue weighted by Crippen LogP contribution is -2.43. The molecule has 7 heteroatoms. The zero-order valence-electron chi connectivity index (χ0n) is 24.5. The summed E-state index contributed by atoms with van der Waals surface area (Å²) in [7, 11) is 0. The second-order valence-corrected chi connectivity index (χ2v) is 10.3. The summed E-state index contributed by atoms with van der Waals surface area (Å²) in [6.07, 6.45) is 25.9. The molecule has 0 rings (SSSR count). The van der Waals surface area contributed by atoms with Crippen LogP contribution >= 0.6 is 0 Å². The maximum atomic E-state index is 12.1. The summed E-state index contributed by atoms with van der Waals surface area (Å²) >= 11 is 0. The number of aliphatic hydroxyl groups excluding tert-OH is 1. The summed E-state index contributed by atoms with van der Waals surface area (Å²) in [6.45, 7) is 4.47. The quantitative estimate of drug-likeness (QED) is 0.0665. The van der Waals surface area contributed by atoms with Gasteiger partial charge in [-0.25, -0.2) is 9.59 Å². The predicted octanol–water partition coefficient (Wildman–Crippen LogP) is 6.95. The fourth-order valence-electron chi connectivity index (χ4n) is 4.22. The number of nitrogens with one attached hydrogen (secondary N) is 1. The van der Waals surface area contributed by atoms with Gasteiger partial charge < -0.3 is 19.9 Å². The van der Waals surface area contributed by atoms with Crippen LogP contribution in [0.1, 0.15) is 142 Å². The van der Waals surface area contributed by atoms with Gasteiger partial charge >= 0.3 is 11.9 Å². The third-order valence-electron chi connectivity index (χ3n) is 6.64. The fourth-order valence-corrected chi connectivity index (χ4v) is 4.22. The summed E-state index contributed by atoms with van der Waals surface area (Å²) < 4.78 is 10.3. The van der Waals surface area contributed by atoms with E-state index in [-0.39, 0.29) is 6.61 Å². The molecule has 38 heavy (non-hydrogen) atoms. The Bertz CT molecular complexity index is 607. The first-order valence-electron chi connectivity index (χ1n) is 15.5. The average Bonchev–Trinajstić information content (AvgIpc) is 2.92. The first-order valence-corrected chi connectivity index (χ1v) is 15.5. The van der Waals surface area contributed by atoms with Gasteiger partial charge in [0.05, 0.1) is 19.8 Å². The highest BCUT2D eigenvalue weighted by molar-refractivity contribution is 5.96. The summed E-state index contributed by atoms with van der Waals surface area (Å²) in [5.74, 6) is -1.93. The first-order chi connectivity index (χ1) is 18.5. The van der Waals surface area contributed by atoms with Gasteiger partial charge in [0, 0.05) is 12.2 Å². The topological polar surface area (TPSA) is 102 Å². The predicted molar refractivity (Wildman–Crippen MR) is 154 cm³/mol. The summed E-state index contributed by atoms with van der Waals surface area (Å²) in [4.78, 5) is 35.9. The lowest BCUT2D eigenvalue weighted by molar-refractivity contribution is -0.148. The van der Waals surface area contributed by atoms with Crippen LogP contribution in [0.25, 0.3) is 0 Å².